The van der Waals surface area contributed by atoms with Crippen LogP contribution in [0.5, 0.6) is 0 Å². The second kappa shape index (κ2) is 3.91. The van der Waals surface area contributed by atoms with Crippen LogP contribution in [-0.4, -0.2) is 16.2 Å². The summed E-state index contributed by atoms with van der Waals surface area (Å²) in [5.41, 5.74) is 8.45. The average Bonchev–Trinajstić information content (AvgIpc) is 2.23. The summed E-state index contributed by atoms with van der Waals surface area (Å²) in [7, 11) is 0. The van der Waals surface area contributed by atoms with Crippen molar-refractivity contribution in [1.29, 1.82) is 0 Å². The molecule has 0 unspecified atom stereocenters. The fourth-order valence-corrected chi connectivity index (χ4v) is 2.37. The lowest BCUT2D eigenvalue weighted by Gasteiger charge is -2.36. The molecule has 1 heterocycles. The third-order valence-corrected chi connectivity index (χ3v) is 3.42. The van der Waals surface area contributed by atoms with Gasteiger partial charge in [0.1, 0.15) is 0 Å². The molecule has 0 spiro atoms. The van der Waals surface area contributed by atoms with Crippen LogP contribution in [0.1, 0.15) is 36.8 Å². The van der Waals surface area contributed by atoms with E-state index in [-0.39, 0.29) is 11.6 Å². The molecule has 1 aromatic rings. The second-order valence-electron chi connectivity index (χ2n) is 4.58. The molecule has 0 atom stereocenters. The molecule has 0 saturated heterocycles. The van der Waals surface area contributed by atoms with Crippen molar-refractivity contribution in [3.05, 3.63) is 29.6 Å². The fraction of sp³-hybridized carbons (Fsp3) is 0.583. The van der Waals surface area contributed by atoms with E-state index in [1.165, 1.54) is 5.56 Å². The maximum absolute atomic E-state index is 9.49. The molecular weight excluding hydrogens is 188 g/mol. The molecule has 3 nitrogen and oxygen atoms in total. The summed E-state index contributed by atoms with van der Waals surface area (Å²) in [4.78, 5) is 4.14. The Labute approximate surface area is 90.3 Å². The lowest BCUT2D eigenvalue weighted by atomic mass is 9.76. The van der Waals surface area contributed by atoms with E-state index < -0.39 is 0 Å². The number of nitrogens with zero attached hydrogens (tertiary/aromatic N) is 1. The van der Waals surface area contributed by atoms with Gasteiger partial charge in [-0.05, 0) is 49.8 Å². The second-order valence-corrected chi connectivity index (χ2v) is 4.58. The molecule has 1 aliphatic carbocycles. The highest BCUT2D eigenvalue weighted by Gasteiger charge is 2.33. The number of aromatic nitrogens is 1. The van der Waals surface area contributed by atoms with Crippen LogP contribution in [0.25, 0.3) is 0 Å². The van der Waals surface area contributed by atoms with Gasteiger partial charge in [-0.15, -0.1) is 0 Å². The van der Waals surface area contributed by atoms with Crippen molar-refractivity contribution >= 4 is 0 Å². The maximum atomic E-state index is 9.49. The van der Waals surface area contributed by atoms with E-state index in [1.54, 1.807) is 6.20 Å². The smallest absolute Gasteiger partial charge is 0.0541 e. The van der Waals surface area contributed by atoms with Crippen LogP contribution in [0.4, 0.5) is 0 Å². The largest absolute Gasteiger partial charge is 0.393 e. The normalized spacial score (nSPS) is 31.5. The van der Waals surface area contributed by atoms with E-state index in [2.05, 4.69) is 11.9 Å². The molecule has 1 aromatic heterocycles. The molecule has 0 amide bonds. The summed E-state index contributed by atoms with van der Waals surface area (Å²) >= 11 is 0. The van der Waals surface area contributed by atoms with Crippen molar-refractivity contribution in [3.63, 3.8) is 0 Å². The molecule has 0 aromatic carbocycles. The molecule has 0 aliphatic heterocycles. The topological polar surface area (TPSA) is 59.1 Å². The van der Waals surface area contributed by atoms with Gasteiger partial charge in [0.25, 0.3) is 0 Å². The zero-order chi connectivity index (χ0) is 10.9. The molecule has 3 heteroatoms. The molecule has 1 aliphatic rings. The van der Waals surface area contributed by atoms with Crippen LogP contribution in [0.3, 0.4) is 0 Å². The van der Waals surface area contributed by atoms with Crippen molar-refractivity contribution < 1.29 is 5.11 Å². The Morgan fingerprint density at radius 1 is 1.47 bits per heavy atom. The Morgan fingerprint density at radius 2 is 2.13 bits per heavy atom. The number of aryl methyl sites for hydroxylation is 1. The van der Waals surface area contributed by atoms with Crippen LogP contribution in [0.2, 0.25) is 0 Å². The van der Waals surface area contributed by atoms with Gasteiger partial charge in [-0.25, -0.2) is 0 Å². The monoisotopic (exact) mass is 206 g/mol. The number of pyridine rings is 1. The van der Waals surface area contributed by atoms with Crippen molar-refractivity contribution in [2.75, 3.05) is 0 Å². The highest BCUT2D eigenvalue weighted by atomic mass is 16.3. The molecule has 3 N–H and O–H groups in total. The van der Waals surface area contributed by atoms with Crippen LogP contribution in [0, 0.1) is 6.92 Å². The highest BCUT2D eigenvalue weighted by Crippen LogP contribution is 2.35. The highest BCUT2D eigenvalue weighted by molar-refractivity contribution is 5.29. The summed E-state index contributed by atoms with van der Waals surface area (Å²) in [5.74, 6) is 0. The molecule has 15 heavy (non-hydrogen) atoms. The number of rotatable bonds is 1. The van der Waals surface area contributed by atoms with Crippen LogP contribution < -0.4 is 5.73 Å². The first-order valence-corrected chi connectivity index (χ1v) is 5.50. The molecule has 1 fully saturated rings. The number of aliphatic hydroxyl groups is 1. The van der Waals surface area contributed by atoms with Crippen molar-refractivity contribution in [2.24, 2.45) is 5.73 Å². The van der Waals surface area contributed by atoms with Gasteiger partial charge in [-0.1, -0.05) is 0 Å². The molecule has 82 valence electrons. The lowest BCUT2D eigenvalue weighted by Crippen LogP contribution is -2.42. The van der Waals surface area contributed by atoms with Gasteiger partial charge in [0.2, 0.25) is 0 Å². The van der Waals surface area contributed by atoms with E-state index in [1.807, 2.05) is 12.3 Å². The van der Waals surface area contributed by atoms with Gasteiger partial charge in [0.15, 0.2) is 0 Å². The maximum Gasteiger partial charge on any atom is 0.0541 e. The Balaban J connectivity index is 2.26. The van der Waals surface area contributed by atoms with Crippen molar-refractivity contribution in [2.45, 2.75) is 44.2 Å². The van der Waals surface area contributed by atoms with Crippen LogP contribution in [0.15, 0.2) is 18.5 Å². The summed E-state index contributed by atoms with van der Waals surface area (Å²) in [6, 6.07) is 2.00. The molecule has 0 bridgehead atoms. The fourth-order valence-electron chi connectivity index (χ4n) is 2.37. The van der Waals surface area contributed by atoms with E-state index in [4.69, 9.17) is 5.73 Å². The lowest BCUT2D eigenvalue weighted by molar-refractivity contribution is 0.0966. The van der Waals surface area contributed by atoms with Gasteiger partial charge in [0.05, 0.1) is 6.10 Å². The summed E-state index contributed by atoms with van der Waals surface area (Å²) in [6.45, 7) is 2.07. The Bertz CT molecular complexity index is 343. The van der Waals surface area contributed by atoms with E-state index in [9.17, 15) is 5.11 Å². The quantitative estimate of drug-likeness (QED) is 0.731. The van der Waals surface area contributed by atoms with Crippen LogP contribution in [-0.2, 0) is 5.54 Å². The van der Waals surface area contributed by atoms with E-state index in [0.717, 1.165) is 31.2 Å². The third kappa shape index (κ3) is 2.03. The van der Waals surface area contributed by atoms with Crippen molar-refractivity contribution in [3.8, 4) is 0 Å². The molecule has 2 rings (SSSR count). The summed E-state index contributed by atoms with van der Waals surface area (Å²) in [5, 5.41) is 9.49. The molecular formula is C12H18N2O. The first-order valence-electron chi connectivity index (χ1n) is 5.50. The SMILES string of the molecule is Cc1ccncc1C1(N)CCC(O)CC1. The van der Waals surface area contributed by atoms with Crippen molar-refractivity contribution in [1.82, 2.24) is 4.98 Å². The zero-order valence-corrected chi connectivity index (χ0v) is 9.11. The molecule has 1 saturated carbocycles. The number of hydrogen-bond acceptors (Lipinski definition) is 3. The van der Waals surface area contributed by atoms with Crippen LogP contribution >= 0.6 is 0 Å². The zero-order valence-electron chi connectivity index (χ0n) is 9.11. The van der Waals surface area contributed by atoms with Gasteiger partial charge in [-0.3, -0.25) is 4.98 Å². The predicted molar refractivity (Wildman–Crippen MR) is 59.3 cm³/mol. The molecule has 0 radical (unpaired) electrons. The van der Waals surface area contributed by atoms with Gasteiger partial charge < -0.3 is 10.8 Å². The third-order valence-electron chi connectivity index (χ3n) is 3.42. The van der Waals surface area contributed by atoms with Gasteiger partial charge >= 0.3 is 0 Å². The predicted octanol–water partition coefficient (Wildman–Crippen LogP) is 1.48. The van der Waals surface area contributed by atoms with Gasteiger partial charge in [-0.2, -0.15) is 0 Å². The minimum atomic E-state index is -0.280. The Morgan fingerprint density at radius 3 is 2.73 bits per heavy atom. The average molecular weight is 206 g/mol. The Hall–Kier alpha value is -0.930. The summed E-state index contributed by atoms with van der Waals surface area (Å²) in [6.07, 6.45) is 6.78. The summed E-state index contributed by atoms with van der Waals surface area (Å²) < 4.78 is 0. The standard InChI is InChI=1S/C12H18N2O/c1-9-4-7-14-8-11(9)12(13)5-2-10(15)3-6-12/h4,7-8,10,15H,2-3,5-6,13H2,1H3. The number of aliphatic hydroxyl groups excluding tert-OH is 1. The van der Waals surface area contributed by atoms with E-state index >= 15 is 0 Å². The Kier molecular flexibility index (Phi) is 2.76. The first-order chi connectivity index (χ1) is 7.12. The number of hydrogen-bond donors (Lipinski definition) is 2. The first kappa shape index (κ1) is 10.6. The number of nitrogens with two attached hydrogens (primary N) is 1. The van der Waals surface area contributed by atoms with E-state index in [0.29, 0.717) is 0 Å². The minimum absolute atomic E-state index is 0.168. The van der Waals surface area contributed by atoms with Gasteiger partial charge in [0, 0.05) is 17.9 Å². The minimum Gasteiger partial charge on any atom is -0.393 e.